The number of rotatable bonds is 4. The average molecular weight is 330 g/mol. The molecule has 0 spiro atoms. The van der Waals surface area contributed by atoms with Crippen molar-refractivity contribution < 1.29 is 4.79 Å². The summed E-state index contributed by atoms with van der Waals surface area (Å²) < 4.78 is 1.22. The number of amides is 1. The zero-order valence-corrected chi connectivity index (χ0v) is 13.7. The van der Waals surface area contributed by atoms with Crippen molar-refractivity contribution in [2.75, 3.05) is 6.54 Å². The van der Waals surface area contributed by atoms with Gasteiger partial charge in [-0.15, -0.1) is 0 Å². The van der Waals surface area contributed by atoms with Gasteiger partial charge in [0.2, 0.25) is 5.91 Å². The van der Waals surface area contributed by atoms with E-state index < -0.39 is 0 Å². The minimum atomic E-state index is -0.321. The predicted molar refractivity (Wildman–Crippen MR) is 92.1 cm³/mol. The SMILES string of the molecule is CC1CC(NC(=O)CCn2[nH]c(=O)c3ccccc3c2=O)CCN1. The Labute approximate surface area is 139 Å². The lowest BCUT2D eigenvalue weighted by Crippen LogP contribution is -2.46. The van der Waals surface area contributed by atoms with Crippen LogP contribution in [-0.4, -0.2) is 34.3 Å². The van der Waals surface area contributed by atoms with Crippen LogP contribution in [0.3, 0.4) is 0 Å². The molecule has 2 unspecified atom stereocenters. The highest BCUT2D eigenvalue weighted by Crippen LogP contribution is 2.08. The van der Waals surface area contributed by atoms with Crippen molar-refractivity contribution in [3.8, 4) is 0 Å². The summed E-state index contributed by atoms with van der Waals surface area (Å²) in [6.07, 6.45) is 1.97. The van der Waals surface area contributed by atoms with Crippen molar-refractivity contribution in [3.63, 3.8) is 0 Å². The first-order valence-electron chi connectivity index (χ1n) is 8.29. The molecule has 0 bridgehead atoms. The van der Waals surface area contributed by atoms with Crippen molar-refractivity contribution in [1.82, 2.24) is 20.4 Å². The fourth-order valence-corrected chi connectivity index (χ4v) is 3.18. The molecular formula is C17H22N4O3. The lowest BCUT2D eigenvalue weighted by molar-refractivity contribution is -0.122. The number of benzene rings is 1. The van der Waals surface area contributed by atoms with Gasteiger partial charge in [-0.25, -0.2) is 4.68 Å². The second-order valence-corrected chi connectivity index (χ2v) is 6.34. The van der Waals surface area contributed by atoms with E-state index in [2.05, 4.69) is 22.7 Å². The van der Waals surface area contributed by atoms with Gasteiger partial charge in [0.15, 0.2) is 0 Å². The van der Waals surface area contributed by atoms with E-state index in [1.54, 1.807) is 24.3 Å². The third-order valence-corrected chi connectivity index (χ3v) is 4.44. The average Bonchev–Trinajstić information content (AvgIpc) is 2.57. The molecule has 2 heterocycles. The van der Waals surface area contributed by atoms with Crippen molar-refractivity contribution in [1.29, 1.82) is 0 Å². The molecule has 1 saturated heterocycles. The number of hydrogen-bond donors (Lipinski definition) is 3. The highest BCUT2D eigenvalue weighted by atomic mass is 16.2. The van der Waals surface area contributed by atoms with Crippen LogP contribution in [0, 0.1) is 0 Å². The van der Waals surface area contributed by atoms with E-state index in [9.17, 15) is 14.4 Å². The van der Waals surface area contributed by atoms with E-state index in [0.717, 1.165) is 19.4 Å². The number of aromatic amines is 1. The van der Waals surface area contributed by atoms with E-state index in [4.69, 9.17) is 0 Å². The number of nitrogens with zero attached hydrogens (tertiary/aromatic N) is 1. The largest absolute Gasteiger partial charge is 0.353 e. The Morgan fingerprint density at radius 1 is 1.29 bits per heavy atom. The van der Waals surface area contributed by atoms with Crippen LogP contribution in [0.5, 0.6) is 0 Å². The molecule has 1 fully saturated rings. The molecule has 2 aromatic rings. The molecular weight excluding hydrogens is 308 g/mol. The second-order valence-electron chi connectivity index (χ2n) is 6.34. The van der Waals surface area contributed by atoms with Crippen LogP contribution < -0.4 is 21.8 Å². The summed E-state index contributed by atoms with van der Waals surface area (Å²) >= 11 is 0. The fraction of sp³-hybridized carbons (Fsp3) is 0.471. The molecule has 1 aliphatic rings. The van der Waals surface area contributed by atoms with Crippen LogP contribution in [0.25, 0.3) is 10.8 Å². The highest BCUT2D eigenvalue weighted by molar-refractivity contribution is 5.80. The Morgan fingerprint density at radius 3 is 2.79 bits per heavy atom. The van der Waals surface area contributed by atoms with E-state index in [0.29, 0.717) is 16.8 Å². The van der Waals surface area contributed by atoms with Crippen molar-refractivity contribution in [3.05, 3.63) is 45.0 Å². The number of aromatic nitrogens is 2. The molecule has 0 radical (unpaired) electrons. The van der Waals surface area contributed by atoms with Crippen molar-refractivity contribution in [2.24, 2.45) is 0 Å². The Hall–Kier alpha value is -2.41. The normalized spacial score (nSPS) is 20.9. The van der Waals surface area contributed by atoms with Gasteiger partial charge in [0.05, 0.1) is 17.3 Å². The van der Waals surface area contributed by atoms with E-state index in [-0.39, 0.29) is 36.0 Å². The lowest BCUT2D eigenvalue weighted by atomic mass is 10.0. The van der Waals surface area contributed by atoms with Crippen LogP contribution in [0.1, 0.15) is 26.2 Å². The van der Waals surface area contributed by atoms with E-state index in [1.807, 2.05) is 0 Å². The number of fused-ring (bicyclic) bond motifs is 1. The topological polar surface area (TPSA) is 96.0 Å². The first-order chi connectivity index (χ1) is 11.5. The molecule has 7 nitrogen and oxygen atoms in total. The molecule has 1 aliphatic heterocycles. The lowest BCUT2D eigenvalue weighted by Gasteiger charge is -2.28. The number of piperidine rings is 1. The fourth-order valence-electron chi connectivity index (χ4n) is 3.18. The Balaban J connectivity index is 1.67. The van der Waals surface area contributed by atoms with Gasteiger partial charge in [0, 0.05) is 18.5 Å². The number of hydrogen-bond acceptors (Lipinski definition) is 4. The van der Waals surface area contributed by atoms with Gasteiger partial charge >= 0.3 is 0 Å². The summed E-state index contributed by atoms with van der Waals surface area (Å²) in [5.74, 6) is -0.102. The molecule has 3 N–H and O–H groups in total. The summed E-state index contributed by atoms with van der Waals surface area (Å²) in [6, 6.07) is 7.24. The van der Waals surface area contributed by atoms with Gasteiger partial charge in [0.25, 0.3) is 11.1 Å². The molecule has 2 atom stereocenters. The molecule has 1 aromatic carbocycles. The summed E-state index contributed by atoms with van der Waals surface area (Å²) in [6.45, 7) is 3.15. The van der Waals surface area contributed by atoms with Gasteiger partial charge in [-0.05, 0) is 38.4 Å². The Bertz CT molecular complexity index is 855. The standard InChI is InChI=1S/C17H22N4O3/c1-11-10-12(6-8-18-11)19-15(22)7-9-21-17(24)14-5-3-2-4-13(14)16(23)20-21/h2-5,11-12,18H,6-10H2,1H3,(H,19,22)(H,20,23). The zero-order valence-electron chi connectivity index (χ0n) is 13.7. The van der Waals surface area contributed by atoms with Gasteiger partial charge < -0.3 is 10.6 Å². The van der Waals surface area contributed by atoms with Crippen molar-refractivity contribution >= 4 is 16.7 Å². The number of carbonyl (C=O) groups is 1. The summed E-state index contributed by atoms with van der Waals surface area (Å²) in [5.41, 5.74) is -0.605. The predicted octanol–water partition coefficient (Wildman–Crippen LogP) is 0.337. The molecule has 1 amide bonds. The first-order valence-corrected chi connectivity index (χ1v) is 8.29. The van der Waals surface area contributed by atoms with Crippen LogP contribution in [0.4, 0.5) is 0 Å². The van der Waals surface area contributed by atoms with Crippen molar-refractivity contribution in [2.45, 2.75) is 44.8 Å². The monoisotopic (exact) mass is 330 g/mol. The second kappa shape index (κ2) is 7.00. The summed E-state index contributed by atoms with van der Waals surface area (Å²) in [7, 11) is 0. The Morgan fingerprint density at radius 2 is 2.04 bits per heavy atom. The van der Waals surface area contributed by atoms with Crippen LogP contribution >= 0.6 is 0 Å². The highest BCUT2D eigenvalue weighted by Gasteiger charge is 2.19. The third-order valence-electron chi connectivity index (χ3n) is 4.44. The van der Waals surface area contributed by atoms with Crippen LogP contribution in [0.15, 0.2) is 33.9 Å². The maximum absolute atomic E-state index is 12.4. The number of nitrogens with one attached hydrogen (secondary N) is 3. The van der Waals surface area contributed by atoms with Crippen LogP contribution in [-0.2, 0) is 11.3 Å². The molecule has 3 rings (SSSR count). The minimum Gasteiger partial charge on any atom is -0.353 e. The number of aryl methyl sites for hydroxylation is 1. The molecule has 1 aromatic heterocycles. The zero-order chi connectivity index (χ0) is 17.1. The maximum atomic E-state index is 12.4. The summed E-state index contributed by atoms with van der Waals surface area (Å²) in [4.78, 5) is 36.5. The quantitative estimate of drug-likeness (QED) is 0.753. The van der Waals surface area contributed by atoms with Gasteiger partial charge in [-0.2, -0.15) is 0 Å². The molecule has 0 aliphatic carbocycles. The van der Waals surface area contributed by atoms with E-state index in [1.165, 1.54) is 4.68 Å². The summed E-state index contributed by atoms with van der Waals surface area (Å²) in [5, 5.41) is 9.62. The molecule has 128 valence electrons. The smallest absolute Gasteiger partial charge is 0.273 e. The van der Waals surface area contributed by atoms with Gasteiger partial charge in [-0.1, -0.05) is 12.1 Å². The first kappa shape index (κ1) is 16.4. The number of carbonyl (C=O) groups excluding carboxylic acids is 1. The Kier molecular flexibility index (Phi) is 4.80. The third kappa shape index (κ3) is 3.56. The maximum Gasteiger partial charge on any atom is 0.273 e. The minimum absolute atomic E-state index is 0.102. The molecule has 24 heavy (non-hydrogen) atoms. The molecule has 7 heteroatoms. The molecule has 0 saturated carbocycles. The van der Waals surface area contributed by atoms with E-state index >= 15 is 0 Å². The van der Waals surface area contributed by atoms with Crippen LogP contribution in [0.2, 0.25) is 0 Å². The van der Waals surface area contributed by atoms with Gasteiger partial charge in [-0.3, -0.25) is 19.5 Å². The number of H-pyrrole nitrogens is 1. The van der Waals surface area contributed by atoms with Gasteiger partial charge in [0.1, 0.15) is 0 Å².